The minimum atomic E-state index is -0.877. The molecule has 7 heteroatoms. The van der Waals surface area contributed by atoms with E-state index in [0.29, 0.717) is 11.3 Å². The van der Waals surface area contributed by atoms with Crippen LogP contribution < -0.4 is 11.1 Å². The summed E-state index contributed by atoms with van der Waals surface area (Å²) < 4.78 is 0. The molecule has 0 aliphatic carbocycles. The molecule has 3 rings (SSSR count). The maximum atomic E-state index is 12.3. The van der Waals surface area contributed by atoms with E-state index in [-0.39, 0.29) is 12.3 Å². The molecule has 0 saturated carbocycles. The van der Waals surface area contributed by atoms with Crippen LogP contribution in [0.15, 0.2) is 66.9 Å². The van der Waals surface area contributed by atoms with Gasteiger partial charge in [-0.25, -0.2) is 0 Å². The second-order valence-electron chi connectivity index (χ2n) is 5.45. The van der Waals surface area contributed by atoms with Gasteiger partial charge in [-0.2, -0.15) is 15.0 Å². The Kier molecular flexibility index (Phi) is 4.84. The highest BCUT2D eigenvalue weighted by Gasteiger charge is 2.20. The molecule has 0 aliphatic rings. The molecule has 0 unspecified atom stereocenters. The van der Waals surface area contributed by atoms with Crippen LogP contribution in [0.5, 0.6) is 0 Å². The zero-order valence-electron chi connectivity index (χ0n) is 13.4. The molecule has 1 aromatic heterocycles. The molecular weight excluding hydrogens is 318 g/mol. The van der Waals surface area contributed by atoms with Gasteiger partial charge in [0.05, 0.1) is 24.0 Å². The van der Waals surface area contributed by atoms with Crippen LogP contribution in [0.2, 0.25) is 0 Å². The minimum absolute atomic E-state index is 0.00342. The number of amides is 2. The van der Waals surface area contributed by atoms with E-state index in [1.54, 1.807) is 24.3 Å². The number of nitrogens with two attached hydrogens (primary N) is 1. The van der Waals surface area contributed by atoms with Crippen molar-refractivity contribution >= 4 is 11.8 Å². The lowest BCUT2D eigenvalue weighted by Gasteiger charge is -2.15. The number of nitrogens with one attached hydrogen (secondary N) is 1. The normalized spacial score (nSPS) is 11.7. The summed E-state index contributed by atoms with van der Waals surface area (Å²) in [6.07, 6.45) is 1.53. The van der Waals surface area contributed by atoms with Crippen LogP contribution in [-0.2, 0) is 16.0 Å². The lowest BCUT2D eigenvalue weighted by atomic mass is 10.1. The Hall–Kier alpha value is -3.48. The molecule has 0 aliphatic heterocycles. The molecule has 2 aromatic carbocycles. The van der Waals surface area contributed by atoms with Gasteiger partial charge in [0, 0.05) is 0 Å². The molecule has 0 radical (unpaired) electrons. The van der Waals surface area contributed by atoms with Crippen LogP contribution in [0, 0.1) is 0 Å². The summed E-state index contributed by atoms with van der Waals surface area (Å²) in [7, 11) is 0. The van der Waals surface area contributed by atoms with Crippen LogP contribution in [0.25, 0.3) is 5.69 Å². The van der Waals surface area contributed by atoms with E-state index in [0.717, 1.165) is 5.69 Å². The van der Waals surface area contributed by atoms with Crippen molar-refractivity contribution in [3.63, 3.8) is 0 Å². The Balaban J connectivity index is 1.68. The number of hydrogen-bond donors (Lipinski definition) is 2. The van der Waals surface area contributed by atoms with Crippen molar-refractivity contribution in [3.05, 3.63) is 78.1 Å². The van der Waals surface area contributed by atoms with E-state index in [1.165, 1.54) is 11.0 Å². The van der Waals surface area contributed by atoms with Crippen LogP contribution in [0.1, 0.15) is 17.3 Å². The number of rotatable bonds is 6. The van der Waals surface area contributed by atoms with Gasteiger partial charge in [-0.1, -0.05) is 48.5 Å². The van der Waals surface area contributed by atoms with Gasteiger partial charge in [0.1, 0.15) is 6.04 Å². The summed E-state index contributed by atoms with van der Waals surface area (Å²) in [6, 6.07) is 17.4. The van der Waals surface area contributed by atoms with Gasteiger partial charge in [0.15, 0.2) is 0 Å². The van der Waals surface area contributed by atoms with E-state index in [9.17, 15) is 9.59 Å². The monoisotopic (exact) mass is 335 g/mol. The summed E-state index contributed by atoms with van der Waals surface area (Å²) in [5.74, 6) is -0.972. The molecule has 0 bridgehead atoms. The molecule has 3 aromatic rings. The van der Waals surface area contributed by atoms with Gasteiger partial charge < -0.3 is 11.1 Å². The van der Waals surface area contributed by atoms with Crippen molar-refractivity contribution in [2.75, 3.05) is 0 Å². The number of carbonyl (C=O) groups excluding carboxylic acids is 2. The standard InChI is InChI=1S/C18H17N5O2/c19-18(25)17(13-7-3-1-4-8-13)21-16(24)11-14-12-20-23(22-14)15-9-5-2-6-10-15/h1-10,12,17H,11H2,(H2,19,25)(H,21,24)/t17-/m1/s1. The van der Waals surface area contributed by atoms with E-state index >= 15 is 0 Å². The number of primary amides is 1. The summed E-state index contributed by atoms with van der Waals surface area (Å²) in [5, 5.41) is 11.1. The van der Waals surface area contributed by atoms with Crippen molar-refractivity contribution in [3.8, 4) is 5.69 Å². The average molecular weight is 335 g/mol. The lowest BCUT2D eigenvalue weighted by Crippen LogP contribution is -2.38. The Morgan fingerprint density at radius 3 is 2.32 bits per heavy atom. The fraction of sp³-hybridized carbons (Fsp3) is 0.111. The maximum absolute atomic E-state index is 12.3. The molecule has 25 heavy (non-hydrogen) atoms. The predicted octanol–water partition coefficient (Wildman–Crippen LogP) is 1.15. The van der Waals surface area contributed by atoms with Gasteiger partial charge in [0.25, 0.3) is 0 Å². The summed E-state index contributed by atoms with van der Waals surface area (Å²) in [4.78, 5) is 25.4. The molecule has 126 valence electrons. The molecule has 1 heterocycles. The van der Waals surface area contributed by atoms with Gasteiger partial charge >= 0.3 is 0 Å². The second kappa shape index (κ2) is 7.39. The number of para-hydroxylation sites is 1. The minimum Gasteiger partial charge on any atom is -0.368 e. The first-order chi connectivity index (χ1) is 12.1. The third-order valence-corrected chi connectivity index (χ3v) is 3.59. The molecule has 2 amide bonds. The predicted molar refractivity (Wildman–Crippen MR) is 91.6 cm³/mol. The van der Waals surface area contributed by atoms with Crippen LogP contribution >= 0.6 is 0 Å². The number of hydrogen-bond acceptors (Lipinski definition) is 4. The fourth-order valence-electron chi connectivity index (χ4n) is 2.40. The topological polar surface area (TPSA) is 103 Å². The highest BCUT2D eigenvalue weighted by atomic mass is 16.2. The van der Waals surface area contributed by atoms with Gasteiger partial charge in [-0.05, 0) is 17.7 Å². The Bertz CT molecular complexity index is 861. The molecule has 0 fully saturated rings. The van der Waals surface area contributed by atoms with E-state index in [2.05, 4.69) is 15.5 Å². The van der Waals surface area contributed by atoms with E-state index in [4.69, 9.17) is 5.73 Å². The van der Waals surface area contributed by atoms with Crippen molar-refractivity contribution in [2.45, 2.75) is 12.5 Å². The smallest absolute Gasteiger partial charge is 0.244 e. The van der Waals surface area contributed by atoms with Crippen LogP contribution in [0.4, 0.5) is 0 Å². The van der Waals surface area contributed by atoms with E-state index in [1.807, 2.05) is 36.4 Å². The Morgan fingerprint density at radius 1 is 1.04 bits per heavy atom. The molecule has 0 spiro atoms. The third-order valence-electron chi connectivity index (χ3n) is 3.59. The summed E-state index contributed by atoms with van der Waals surface area (Å²) >= 11 is 0. The Morgan fingerprint density at radius 2 is 1.68 bits per heavy atom. The molecule has 0 saturated heterocycles. The van der Waals surface area contributed by atoms with Crippen LogP contribution in [0.3, 0.4) is 0 Å². The molecular formula is C18H17N5O2. The first-order valence-corrected chi connectivity index (χ1v) is 7.74. The molecule has 7 nitrogen and oxygen atoms in total. The summed E-state index contributed by atoms with van der Waals surface area (Å²) in [5.41, 5.74) is 7.34. The molecule has 1 atom stereocenters. The summed E-state index contributed by atoms with van der Waals surface area (Å²) in [6.45, 7) is 0. The number of nitrogens with zero attached hydrogens (tertiary/aromatic N) is 3. The van der Waals surface area contributed by atoms with Crippen molar-refractivity contribution in [1.29, 1.82) is 0 Å². The van der Waals surface area contributed by atoms with Crippen molar-refractivity contribution < 1.29 is 9.59 Å². The van der Waals surface area contributed by atoms with Gasteiger partial charge in [-0.15, -0.1) is 0 Å². The Labute approximate surface area is 144 Å². The second-order valence-corrected chi connectivity index (χ2v) is 5.45. The van der Waals surface area contributed by atoms with Crippen LogP contribution in [-0.4, -0.2) is 26.8 Å². The SMILES string of the molecule is NC(=O)[C@H](NC(=O)Cc1cnn(-c2ccccc2)n1)c1ccccc1. The maximum Gasteiger partial charge on any atom is 0.244 e. The van der Waals surface area contributed by atoms with E-state index < -0.39 is 11.9 Å². The first kappa shape index (κ1) is 16.4. The largest absolute Gasteiger partial charge is 0.368 e. The molecule has 3 N–H and O–H groups in total. The fourth-order valence-corrected chi connectivity index (χ4v) is 2.40. The third kappa shape index (κ3) is 4.08. The highest BCUT2D eigenvalue weighted by Crippen LogP contribution is 2.12. The number of aromatic nitrogens is 3. The highest BCUT2D eigenvalue weighted by molar-refractivity contribution is 5.88. The quantitative estimate of drug-likeness (QED) is 0.705. The first-order valence-electron chi connectivity index (χ1n) is 7.74. The zero-order valence-corrected chi connectivity index (χ0v) is 13.4. The zero-order chi connectivity index (χ0) is 17.6. The lowest BCUT2D eigenvalue weighted by molar-refractivity contribution is -0.127. The van der Waals surface area contributed by atoms with Gasteiger partial charge in [0.2, 0.25) is 11.8 Å². The van der Waals surface area contributed by atoms with Crippen molar-refractivity contribution in [1.82, 2.24) is 20.3 Å². The number of benzene rings is 2. The van der Waals surface area contributed by atoms with Gasteiger partial charge in [-0.3, -0.25) is 9.59 Å². The average Bonchev–Trinajstić information content (AvgIpc) is 3.09. The number of carbonyl (C=O) groups is 2. The van der Waals surface area contributed by atoms with Crippen molar-refractivity contribution in [2.24, 2.45) is 5.73 Å².